The van der Waals surface area contributed by atoms with E-state index in [1.807, 2.05) is 0 Å². The number of hydrogen-bond acceptors (Lipinski definition) is 5. The van der Waals surface area contributed by atoms with Crippen LogP contribution in [0.4, 0.5) is 33.5 Å². The molecule has 0 aliphatic carbocycles. The van der Waals surface area contributed by atoms with Gasteiger partial charge < -0.3 is 10.0 Å². The molecule has 1 fully saturated rings. The molecule has 1 aromatic heterocycles. The summed E-state index contributed by atoms with van der Waals surface area (Å²) in [6.07, 6.45) is -3.41. The minimum absolute atomic E-state index is 0.0380. The first-order valence-electron chi connectivity index (χ1n) is 10.7. The van der Waals surface area contributed by atoms with Gasteiger partial charge in [-0.05, 0) is 48.7 Å². The molecule has 37 heavy (non-hydrogen) atoms. The molecule has 0 bridgehead atoms. The lowest BCUT2D eigenvalue weighted by atomic mass is 9.83. The average Bonchev–Trinajstić information content (AvgIpc) is 2.79. The molecule has 1 saturated heterocycles. The molecule has 2 aromatic carbocycles. The molecular formula is C23H18Cl2F5N3O3S. The second-order valence-electron chi connectivity index (χ2n) is 8.42. The van der Waals surface area contributed by atoms with E-state index < -0.39 is 48.9 Å². The van der Waals surface area contributed by atoms with Crippen molar-refractivity contribution in [3.63, 3.8) is 0 Å². The smallest absolute Gasteiger partial charge is 0.385 e. The highest BCUT2D eigenvalue weighted by Crippen LogP contribution is 2.41. The van der Waals surface area contributed by atoms with Gasteiger partial charge in [-0.15, -0.1) is 0 Å². The number of aliphatic hydroxyl groups is 1. The van der Waals surface area contributed by atoms with Crippen molar-refractivity contribution in [3.05, 3.63) is 81.5 Å². The van der Waals surface area contributed by atoms with Crippen molar-refractivity contribution < 1.29 is 35.5 Å². The third-order valence-corrected chi connectivity index (χ3v) is 7.98. The summed E-state index contributed by atoms with van der Waals surface area (Å²) in [5.41, 5.74) is -2.57. The first-order valence-corrected chi connectivity index (χ1v) is 12.9. The van der Waals surface area contributed by atoms with Gasteiger partial charge >= 0.3 is 6.18 Å². The molecule has 0 unspecified atom stereocenters. The Labute approximate surface area is 218 Å². The maximum atomic E-state index is 13.9. The van der Waals surface area contributed by atoms with E-state index in [1.54, 1.807) is 4.90 Å². The van der Waals surface area contributed by atoms with Gasteiger partial charge in [0.1, 0.15) is 22.3 Å². The number of aromatic nitrogens is 1. The third-order valence-electron chi connectivity index (χ3n) is 5.96. The van der Waals surface area contributed by atoms with Crippen LogP contribution in [0.5, 0.6) is 0 Å². The van der Waals surface area contributed by atoms with Crippen molar-refractivity contribution >= 4 is 44.7 Å². The molecule has 14 heteroatoms. The fraction of sp³-hybridized carbons (Fsp3) is 0.261. The molecule has 198 valence electrons. The molecule has 3 aromatic rings. The number of piperidine rings is 1. The monoisotopic (exact) mass is 581 g/mol. The second kappa shape index (κ2) is 9.90. The van der Waals surface area contributed by atoms with Gasteiger partial charge in [-0.2, -0.15) is 13.2 Å². The van der Waals surface area contributed by atoms with E-state index in [2.05, 4.69) is 9.71 Å². The van der Waals surface area contributed by atoms with Gasteiger partial charge in [0, 0.05) is 19.2 Å². The minimum Gasteiger partial charge on any atom is -0.385 e. The van der Waals surface area contributed by atoms with Crippen molar-refractivity contribution in [1.82, 2.24) is 4.98 Å². The highest BCUT2D eigenvalue weighted by atomic mass is 35.5. The number of pyridine rings is 1. The summed E-state index contributed by atoms with van der Waals surface area (Å²) < 4.78 is 93.9. The first kappa shape index (κ1) is 27.4. The van der Waals surface area contributed by atoms with E-state index in [1.165, 1.54) is 12.1 Å². The molecule has 1 aliphatic rings. The number of nitrogens with zero attached hydrogens (tertiary/aromatic N) is 2. The lowest BCUT2D eigenvalue weighted by Crippen LogP contribution is -2.43. The third kappa shape index (κ3) is 5.77. The Kier molecular flexibility index (Phi) is 7.32. The van der Waals surface area contributed by atoms with E-state index in [0.717, 1.165) is 30.5 Å². The Balaban J connectivity index is 1.49. The molecule has 0 spiro atoms. The summed E-state index contributed by atoms with van der Waals surface area (Å²) in [5.74, 6) is -1.95. The second-order valence-corrected chi connectivity index (χ2v) is 10.9. The lowest BCUT2D eigenvalue weighted by molar-refractivity contribution is -0.137. The van der Waals surface area contributed by atoms with Crippen LogP contribution in [0.25, 0.3) is 0 Å². The molecule has 0 atom stereocenters. The molecule has 1 aliphatic heterocycles. The SMILES string of the molecule is O=S(=O)(Nc1cnc(N2CCC(O)(c3ccc(Cl)c(C(F)(F)F)c3)CC2)c(Cl)c1)c1ccc(F)cc1F. The number of rotatable bonds is 5. The number of nitrogens with one attached hydrogen (secondary N) is 1. The topological polar surface area (TPSA) is 82.5 Å². The summed E-state index contributed by atoms with van der Waals surface area (Å²) in [5, 5.41) is 10.6. The van der Waals surface area contributed by atoms with Crippen LogP contribution in [0.1, 0.15) is 24.0 Å². The first-order chi connectivity index (χ1) is 17.2. The van der Waals surface area contributed by atoms with Crippen LogP contribution in [0.3, 0.4) is 0 Å². The van der Waals surface area contributed by atoms with Crippen LogP contribution in [-0.4, -0.2) is 31.6 Å². The molecule has 0 amide bonds. The van der Waals surface area contributed by atoms with E-state index in [4.69, 9.17) is 23.2 Å². The molecule has 2 N–H and O–H groups in total. The van der Waals surface area contributed by atoms with E-state index in [9.17, 15) is 35.5 Å². The zero-order valence-corrected chi connectivity index (χ0v) is 21.0. The van der Waals surface area contributed by atoms with Gasteiger partial charge in [-0.25, -0.2) is 22.2 Å². The van der Waals surface area contributed by atoms with Gasteiger partial charge in [-0.3, -0.25) is 4.72 Å². The van der Waals surface area contributed by atoms with Gasteiger partial charge in [0.25, 0.3) is 10.0 Å². The number of hydrogen-bond donors (Lipinski definition) is 2. The fourth-order valence-electron chi connectivity index (χ4n) is 4.03. The molecule has 6 nitrogen and oxygen atoms in total. The average molecular weight is 582 g/mol. The number of alkyl halides is 3. The highest BCUT2D eigenvalue weighted by Gasteiger charge is 2.39. The molecule has 4 rings (SSSR count). The van der Waals surface area contributed by atoms with Crippen LogP contribution in [0.2, 0.25) is 10.0 Å². The van der Waals surface area contributed by atoms with E-state index in [-0.39, 0.29) is 48.0 Å². The predicted molar refractivity (Wildman–Crippen MR) is 128 cm³/mol. The van der Waals surface area contributed by atoms with Crippen LogP contribution in [0.15, 0.2) is 53.6 Å². The van der Waals surface area contributed by atoms with Crippen molar-refractivity contribution in [1.29, 1.82) is 0 Å². The largest absolute Gasteiger partial charge is 0.417 e. The number of benzene rings is 2. The van der Waals surface area contributed by atoms with Crippen LogP contribution in [-0.2, 0) is 21.8 Å². The highest BCUT2D eigenvalue weighted by molar-refractivity contribution is 7.92. The fourth-order valence-corrected chi connectivity index (χ4v) is 5.64. The van der Waals surface area contributed by atoms with Crippen molar-refractivity contribution in [3.8, 4) is 0 Å². The van der Waals surface area contributed by atoms with Crippen molar-refractivity contribution in [2.75, 3.05) is 22.7 Å². The Morgan fingerprint density at radius 2 is 1.68 bits per heavy atom. The summed E-state index contributed by atoms with van der Waals surface area (Å²) in [4.78, 5) is 5.09. The van der Waals surface area contributed by atoms with Crippen LogP contribution in [0, 0.1) is 11.6 Å². The van der Waals surface area contributed by atoms with E-state index >= 15 is 0 Å². The maximum Gasteiger partial charge on any atom is 0.417 e. The summed E-state index contributed by atoms with van der Waals surface area (Å²) in [6, 6.07) is 6.56. The predicted octanol–water partition coefficient (Wildman–Crippen LogP) is 5.97. The van der Waals surface area contributed by atoms with Crippen LogP contribution >= 0.6 is 23.2 Å². The Morgan fingerprint density at radius 1 is 1.00 bits per heavy atom. The van der Waals surface area contributed by atoms with Crippen molar-refractivity contribution in [2.24, 2.45) is 0 Å². The number of anilines is 2. The standard InChI is InChI=1S/C23H18Cl2F5N3O3S/c24-17-3-1-13(9-16(17)23(28,29)30)22(34)5-7-33(8-6-22)21-18(25)11-15(12-31-21)32-37(35,36)20-4-2-14(26)10-19(20)27/h1-4,9-12,32,34H,5-8H2. The number of sulfonamides is 1. The van der Waals surface area contributed by atoms with Gasteiger partial charge in [-0.1, -0.05) is 29.3 Å². The maximum absolute atomic E-state index is 13.9. The lowest BCUT2D eigenvalue weighted by Gasteiger charge is -2.39. The summed E-state index contributed by atoms with van der Waals surface area (Å²) in [6.45, 7) is 0.359. The van der Waals surface area contributed by atoms with Gasteiger partial charge in [0.15, 0.2) is 0 Å². The Morgan fingerprint density at radius 3 is 2.27 bits per heavy atom. The van der Waals surface area contributed by atoms with Crippen LogP contribution < -0.4 is 9.62 Å². The Bertz CT molecular complexity index is 1450. The zero-order valence-electron chi connectivity index (χ0n) is 18.7. The molecule has 2 heterocycles. The van der Waals surface area contributed by atoms with Gasteiger partial charge in [0.2, 0.25) is 0 Å². The van der Waals surface area contributed by atoms with Crippen molar-refractivity contribution in [2.45, 2.75) is 29.5 Å². The number of halogens is 7. The summed E-state index contributed by atoms with van der Waals surface area (Å²) in [7, 11) is -4.40. The zero-order chi connectivity index (χ0) is 27.2. The molecule has 0 saturated carbocycles. The quantitative estimate of drug-likeness (QED) is 0.362. The normalized spacial score (nSPS) is 16.1. The minimum atomic E-state index is -4.67. The molecule has 0 radical (unpaired) electrons. The summed E-state index contributed by atoms with van der Waals surface area (Å²) >= 11 is 12.0. The van der Waals surface area contributed by atoms with E-state index in [0.29, 0.717) is 6.07 Å². The Hall–Kier alpha value is -2.67. The molecular weight excluding hydrogens is 564 g/mol. The van der Waals surface area contributed by atoms with Gasteiger partial charge in [0.05, 0.1) is 33.1 Å².